The van der Waals surface area contributed by atoms with E-state index in [1.165, 1.54) is 17.7 Å². The van der Waals surface area contributed by atoms with E-state index in [-0.39, 0.29) is 36.7 Å². The second kappa shape index (κ2) is 12.6. The summed E-state index contributed by atoms with van der Waals surface area (Å²) in [5.74, 6) is 0.238. The van der Waals surface area contributed by atoms with E-state index >= 15 is 0 Å². The summed E-state index contributed by atoms with van der Waals surface area (Å²) < 4.78 is 44.6. The molecule has 1 unspecified atom stereocenters. The summed E-state index contributed by atoms with van der Waals surface area (Å²) in [5, 5.41) is 4.77. The Morgan fingerprint density at radius 1 is 1.17 bits per heavy atom. The molecule has 1 atom stereocenters. The molecule has 0 radical (unpaired) electrons. The van der Waals surface area contributed by atoms with Gasteiger partial charge in [0.1, 0.15) is 30.8 Å². The molecule has 2 aliphatic rings. The molecular weight excluding hydrogens is 621 g/mol. The Morgan fingerprint density at radius 2 is 1.95 bits per heavy atom. The number of pyridine rings is 1. The lowest BCUT2D eigenvalue weighted by atomic mass is 9.97. The lowest BCUT2D eigenvalue weighted by molar-refractivity contribution is -0.702. The molecule has 6 rings (SSSR count). The van der Waals surface area contributed by atoms with Crippen molar-refractivity contribution in [3.63, 3.8) is 0 Å². The lowest BCUT2D eigenvalue weighted by Crippen LogP contribution is -3.00. The molecule has 2 N–H and O–H groups in total. The van der Waals surface area contributed by atoms with E-state index in [0.29, 0.717) is 24.2 Å². The highest BCUT2D eigenvalue weighted by Crippen LogP contribution is 2.37. The van der Waals surface area contributed by atoms with Crippen LogP contribution in [0.4, 0.5) is 19.0 Å². The van der Waals surface area contributed by atoms with Crippen LogP contribution in [0.1, 0.15) is 29.0 Å². The van der Waals surface area contributed by atoms with Crippen LogP contribution in [0.15, 0.2) is 49.1 Å². The molecule has 3 aromatic heterocycles. The summed E-state index contributed by atoms with van der Waals surface area (Å²) in [7, 11) is 1.76. The number of nitrogens with one attached hydrogen (secondary N) is 2. The zero-order valence-electron chi connectivity index (χ0n) is 22.1. The molecule has 0 aliphatic carbocycles. The number of rotatable bonds is 7. The summed E-state index contributed by atoms with van der Waals surface area (Å²) in [6, 6.07) is 9.24. The van der Waals surface area contributed by atoms with Crippen LogP contribution < -0.4 is 27.2 Å². The number of anilines is 1. The van der Waals surface area contributed by atoms with Crippen LogP contribution in [-0.4, -0.2) is 59.2 Å². The standard InChI is InChI=1S/C27H29Cl2F3N7.2ClH/c1-36(24-5-3-21(29)26(35-24)27(30,31)32)8-10-38-7-6-19-20-12-17(28)2-4-22(20)34-25(19)23(38)15-37-9-11-39(16-37)18-13-33-14-18;;/h2-5,9,11-12,16,18,23,33-34H,6-8,10,13-15H2,1H3;2*1H/q+1;;/p-1. The summed E-state index contributed by atoms with van der Waals surface area (Å²) >= 11 is 12.1. The Morgan fingerprint density at radius 3 is 2.66 bits per heavy atom. The maximum atomic E-state index is 13.4. The summed E-state index contributed by atoms with van der Waals surface area (Å²) in [5.41, 5.74) is 2.44. The van der Waals surface area contributed by atoms with Gasteiger partial charge in [-0.25, -0.2) is 14.1 Å². The largest absolute Gasteiger partial charge is 1.00 e. The number of alkyl halides is 3. The van der Waals surface area contributed by atoms with Gasteiger partial charge in [-0.3, -0.25) is 4.90 Å². The zero-order chi connectivity index (χ0) is 27.3. The number of aromatic amines is 1. The first-order valence-electron chi connectivity index (χ1n) is 12.9. The van der Waals surface area contributed by atoms with E-state index in [0.717, 1.165) is 49.2 Å². The number of hydrogen-bond donors (Lipinski definition) is 2. The molecule has 0 saturated carbocycles. The number of halogens is 7. The van der Waals surface area contributed by atoms with Crippen LogP contribution in [0.2, 0.25) is 10.0 Å². The van der Waals surface area contributed by atoms with Gasteiger partial charge < -0.3 is 27.6 Å². The van der Waals surface area contributed by atoms with Crippen molar-refractivity contribution in [3.8, 4) is 0 Å². The third-order valence-electron chi connectivity index (χ3n) is 7.81. The maximum absolute atomic E-state index is 13.4. The molecule has 4 aromatic rings. The zero-order valence-corrected chi connectivity index (χ0v) is 25.2. The molecule has 2 aliphatic heterocycles. The second-order valence-corrected chi connectivity index (χ2v) is 11.1. The van der Waals surface area contributed by atoms with Crippen LogP contribution in [0.3, 0.4) is 0 Å². The highest BCUT2D eigenvalue weighted by atomic mass is 35.5. The maximum Gasteiger partial charge on any atom is 0.434 e. The Bertz CT molecular complexity index is 1500. The fourth-order valence-electron chi connectivity index (χ4n) is 5.52. The van der Waals surface area contributed by atoms with Gasteiger partial charge in [0.05, 0.1) is 11.1 Å². The van der Waals surface area contributed by atoms with Crippen LogP contribution in [-0.2, 0) is 19.1 Å². The number of likely N-dealkylation sites (N-methyl/N-ethyl adjacent to an activating group) is 1. The molecule has 7 nitrogen and oxygen atoms in total. The van der Waals surface area contributed by atoms with Crippen molar-refractivity contribution >= 4 is 52.3 Å². The molecule has 5 heterocycles. The molecule has 0 bridgehead atoms. The molecule has 0 spiro atoms. The highest BCUT2D eigenvalue weighted by Gasteiger charge is 2.36. The molecular formula is C27H30Cl4F3N7. The van der Waals surface area contributed by atoms with Crippen molar-refractivity contribution < 1.29 is 30.1 Å². The predicted molar refractivity (Wildman–Crippen MR) is 153 cm³/mol. The first kappa shape index (κ1) is 31.7. The number of H-pyrrole nitrogens is 1. The number of imidazole rings is 1. The lowest BCUT2D eigenvalue weighted by Gasteiger charge is -2.36. The van der Waals surface area contributed by atoms with E-state index in [2.05, 4.69) is 48.0 Å². The number of aromatic nitrogens is 4. The van der Waals surface area contributed by atoms with Crippen molar-refractivity contribution in [2.75, 3.05) is 44.7 Å². The molecule has 14 heteroatoms. The Kier molecular flexibility index (Phi) is 9.72. The fourth-order valence-corrected chi connectivity index (χ4v) is 5.90. The van der Waals surface area contributed by atoms with Crippen molar-refractivity contribution in [1.29, 1.82) is 0 Å². The Labute approximate surface area is 258 Å². The van der Waals surface area contributed by atoms with Crippen molar-refractivity contribution in [1.82, 2.24) is 24.8 Å². The van der Waals surface area contributed by atoms with Gasteiger partial charge in [0.2, 0.25) is 6.33 Å². The van der Waals surface area contributed by atoms with Gasteiger partial charge in [-0.2, -0.15) is 13.2 Å². The Hall–Kier alpha value is -2.21. The molecule has 1 fully saturated rings. The number of fused-ring (bicyclic) bond motifs is 3. The van der Waals surface area contributed by atoms with Crippen molar-refractivity contribution in [3.05, 3.63) is 76.0 Å². The SMILES string of the molecule is CN(CCN1CCc2c([nH]c3ccc(Cl)cc23)C1C[n+]1ccn(C2CNC2)c1)c1ccc(Cl)c(C(F)(F)F)n1.Cl.[Cl-]. The topological polar surface area (TPSA) is 56.0 Å². The van der Waals surface area contributed by atoms with Gasteiger partial charge in [-0.15, -0.1) is 12.4 Å². The average molecular weight is 651 g/mol. The quantitative estimate of drug-likeness (QED) is 0.302. The third-order valence-corrected chi connectivity index (χ3v) is 8.36. The predicted octanol–water partition coefficient (Wildman–Crippen LogP) is 2.28. The van der Waals surface area contributed by atoms with E-state index in [1.807, 2.05) is 18.2 Å². The van der Waals surface area contributed by atoms with Crippen LogP contribution in [0.5, 0.6) is 0 Å². The van der Waals surface area contributed by atoms with Crippen molar-refractivity contribution in [2.45, 2.75) is 31.2 Å². The number of nitrogens with zero attached hydrogens (tertiary/aromatic N) is 5. The van der Waals surface area contributed by atoms with Gasteiger partial charge in [0.25, 0.3) is 0 Å². The number of benzene rings is 1. The molecule has 0 amide bonds. The van der Waals surface area contributed by atoms with Gasteiger partial charge in [-0.05, 0) is 42.3 Å². The van der Waals surface area contributed by atoms with Gasteiger partial charge in [0, 0.05) is 61.4 Å². The van der Waals surface area contributed by atoms with E-state index in [1.54, 1.807) is 11.9 Å². The Balaban J connectivity index is 0.00000194. The highest BCUT2D eigenvalue weighted by molar-refractivity contribution is 6.31. The van der Waals surface area contributed by atoms with Crippen LogP contribution in [0, 0.1) is 0 Å². The third kappa shape index (κ3) is 6.43. The van der Waals surface area contributed by atoms with Gasteiger partial charge in [-0.1, -0.05) is 23.2 Å². The first-order valence-corrected chi connectivity index (χ1v) is 13.7. The fraction of sp³-hybridized carbons (Fsp3) is 0.407. The number of hydrogen-bond acceptors (Lipinski definition) is 4. The minimum Gasteiger partial charge on any atom is -1.00 e. The molecule has 1 aromatic carbocycles. The molecule has 41 heavy (non-hydrogen) atoms. The monoisotopic (exact) mass is 649 g/mol. The van der Waals surface area contributed by atoms with E-state index < -0.39 is 16.9 Å². The average Bonchev–Trinajstić information content (AvgIpc) is 3.46. The van der Waals surface area contributed by atoms with Crippen molar-refractivity contribution in [2.24, 2.45) is 0 Å². The summed E-state index contributed by atoms with van der Waals surface area (Å²) in [4.78, 5) is 11.6. The molecule has 1 saturated heterocycles. The van der Waals surface area contributed by atoms with Crippen LogP contribution in [0.25, 0.3) is 10.9 Å². The van der Waals surface area contributed by atoms with E-state index in [9.17, 15) is 13.2 Å². The minimum absolute atomic E-state index is 0. The molecule has 222 valence electrons. The minimum atomic E-state index is -4.61. The smallest absolute Gasteiger partial charge is 0.434 e. The second-order valence-electron chi connectivity index (χ2n) is 10.3. The van der Waals surface area contributed by atoms with Gasteiger partial charge in [0.15, 0.2) is 5.69 Å². The summed E-state index contributed by atoms with van der Waals surface area (Å²) in [6.07, 6.45) is 2.62. The van der Waals surface area contributed by atoms with E-state index in [4.69, 9.17) is 23.2 Å². The first-order chi connectivity index (χ1) is 18.7. The van der Waals surface area contributed by atoms with Crippen LogP contribution >= 0.6 is 35.6 Å². The summed E-state index contributed by atoms with van der Waals surface area (Å²) in [6.45, 7) is 4.65. The van der Waals surface area contributed by atoms with Gasteiger partial charge >= 0.3 is 6.18 Å². The normalized spacial score (nSPS) is 17.5.